The van der Waals surface area contributed by atoms with Gasteiger partial charge in [0.15, 0.2) is 11.5 Å². The summed E-state index contributed by atoms with van der Waals surface area (Å²) >= 11 is 0. The maximum atomic E-state index is 10.8. The Morgan fingerprint density at radius 3 is 2.97 bits per heavy atom. The standard InChI is InChI=1S/C26H26N2O2/c1-27-11-9-26-18-13-17-16-6-2-4-14-5-3-10-28(22(14)16)23(17)25(26)30-24-20(29)8-7-15(21(24)26)12-19(18)27/h2,4,6-8,18-19,25,29H,3,5,9-13H2,1H3/t18-,19+,25-,26-/m0/s1. The maximum Gasteiger partial charge on any atom is 0.166 e. The van der Waals surface area contributed by atoms with Gasteiger partial charge < -0.3 is 19.3 Å². The van der Waals surface area contributed by atoms with Crippen molar-refractivity contribution in [2.75, 3.05) is 13.6 Å². The fourth-order valence-corrected chi connectivity index (χ4v) is 8.08. The molecular weight excluding hydrogens is 372 g/mol. The first kappa shape index (κ1) is 16.3. The number of para-hydroxylation sites is 1. The van der Waals surface area contributed by atoms with Gasteiger partial charge in [0.1, 0.15) is 6.10 Å². The molecule has 152 valence electrons. The van der Waals surface area contributed by atoms with E-state index in [1.54, 1.807) is 0 Å². The predicted molar refractivity (Wildman–Crippen MR) is 115 cm³/mol. The fourth-order valence-electron chi connectivity index (χ4n) is 8.08. The van der Waals surface area contributed by atoms with E-state index in [2.05, 4.69) is 40.8 Å². The molecule has 2 aromatic carbocycles. The number of ether oxygens (including phenoxy) is 1. The quantitative estimate of drug-likeness (QED) is 0.620. The van der Waals surface area contributed by atoms with Gasteiger partial charge in [0.05, 0.1) is 11.2 Å². The van der Waals surface area contributed by atoms with E-state index >= 15 is 0 Å². The van der Waals surface area contributed by atoms with Crippen molar-refractivity contribution < 1.29 is 9.84 Å². The van der Waals surface area contributed by atoms with E-state index < -0.39 is 0 Å². The van der Waals surface area contributed by atoms with Crippen LogP contribution in [0, 0.1) is 5.92 Å². The van der Waals surface area contributed by atoms with Crippen LogP contribution in [0.2, 0.25) is 0 Å². The number of benzene rings is 2. The number of hydrogen-bond acceptors (Lipinski definition) is 3. The highest BCUT2D eigenvalue weighted by atomic mass is 16.5. The minimum Gasteiger partial charge on any atom is -0.504 e. The Kier molecular flexibility index (Phi) is 2.74. The molecule has 0 unspecified atom stereocenters. The van der Waals surface area contributed by atoms with Crippen LogP contribution >= 0.6 is 0 Å². The molecule has 0 saturated carbocycles. The van der Waals surface area contributed by atoms with Gasteiger partial charge in [-0.15, -0.1) is 0 Å². The molecule has 1 aromatic heterocycles. The SMILES string of the molecule is CN1CC[C@]23c4c5ccc(O)c4O[C@H]2c2c(c4cccc6c4n2CCC6)C[C@H]3[C@H]1C5. The monoisotopic (exact) mass is 398 g/mol. The zero-order chi connectivity index (χ0) is 19.8. The normalized spacial score (nSPS) is 32.6. The Labute approximate surface area is 176 Å². The number of hydrogen-bond donors (Lipinski definition) is 1. The van der Waals surface area contributed by atoms with Crippen LogP contribution in [0.3, 0.4) is 0 Å². The molecule has 1 saturated heterocycles. The molecule has 1 spiro atoms. The molecule has 2 bridgehead atoms. The number of likely N-dealkylation sites (N-methyl/N-ethyl adjacent to an activating group) is 1. The van der Waals surface area contributed by atoms with Crippen molar-refractivity contribution in [2.24, 2.45) is 5.92 Å². The Morgan fingerprint density at radius 2 is 2.03 bits per heavy atom. The van der Waals surface area contributed by atoms with E-state index in [1.807, 2.05) is 6.07 Å². The summed E-state index contributed by atoms with van der Waals surface area (Å²) in [6.07, 6.45) is 5.73. The predicted octanol–water partition coefficient (Wildman–Crippen LogP) is 4.10. The van der Waals surface area contributed by atoms with Gasteiger partial charge in [0, 0.05) is 29.0 Å². The van der Waals surface area contributed by atoms with Crippen molar-refractivity contribution in [1.29, 1.82) is 0 Å². The molecule has 1 fully saturated rings. The first-order valence-electron chi connectivity index (χ1n) is 11.5. The average Bonchev–Trinajstić information content (AvgIpc) is 3.27. The van der Waals surface area contributed by atoms with Crippen LogP contribution in [0.5, 0.6) is 11.5 Å². The largest absolute Gasteiger partial charge is 0.504 e. The van der Waals surface area contributed by atoms with E-state index in [9.17, 15) is 5.11 Å². The molecule has 4 heterocycles. The van der Waals surface area contributed by atoms with Crippen molar-refractivity contribution in [2.45, 2.75) is 56.2 Å². The average molecular weight is 399 g/mol. The van der Waals surface area contributed by atoms with Gasteiger partial charge in [0.2, 0.25) is 0 Å². The molecule has 30 heavy (non-hydrogen) atoms. The number of fused-ring (bicyclic) bond motifs is 4. The number of aromatic hydroxyl groups is 1. The Hall–Kier alpha value is -2.46. The van der Waals surface area contributed by atoms with Gasteiger partial charge in [-0.25, -0.2) is 0 Å². The lowest BCUT2D eigenvalue weighted by Gasteiger charge is -2.57. The summed E-state index contributed by atoms with van der Waals surface area (Å²) < 4.78 is 9.42. The summed E-state index contributed by atoms with van der Waals surface area (Å²) in [6.45, 7) is 2.19. The number of aryl methyl sites for hydroxylation is 2. The number of piperidine rings is 1. The van der Waals surface area contributed by atoms with Gasteiger partial charge in [-0.2, -0.15) is 0 Å². The Morgan fingerprint density at radius 1 is 1.10 bits per heavy atom. The second kappa shape index (κ2) is 5.05. The number of phenols is 1. The van der Waals surface area contributed by atoms with Crippen LogP contribution in [0.1, 0.15) is 46.9 Å². The number of phenolic OH excluding ortho intramolecular Hbond substituents is 1. The third-order valence-electron chi connectivity index (χ3n) is 9.21. The first-order chi connectivity index (χ1) is 14.7. The number of aromatic nitrogens is 1. The molecule has 3 aliphatic heterocycles. The molecule has 1 N–H and O–H groups in total. The smallest absolute Gasteiger partial charge is 0.166 e. The molecule has 4 nitrogen and oxygen atoms in total. The Bertz CT molecular complexity index is 1270. The van der Waals surface area contributed by atoms with E-state index in [-0.39, 0.29) is 11.5 Å². The van der Waals surface area contributed by atoms with E-state index in [1.165, 1.54) is 51.7 Å². The lowest BCUT2D eigenvalue weighted by molar-refractivity contribution is -0.0268. The second-order valence-corrected chi connectivity index (χ2v) is 10.2. The molecule has 0 amide bonds. The molecule has 5 aliphatic rings. The van der Waals surface area contributed by atoms with Crippen LogP contribution in [0.15, 0.2) is 30.3 Å². The van der Waals surface area contributed by atoms with E-state index in [0.717, 1.165) is 38.1 Å². The molecule has 0 radical (unpaired) electrons. The minimum absolute atomic E-state index is 0.0112. The topological polar surface area (TPSA) is 37.6 Å². The van der Waals surface area contributed by atoms with Gasteiger partial charge in [-0.05, 0) is 74.4 Å². The highest BCUT2D eigenvalue weighted by Crippen LogP contribution is 2.67. The molecule has 8 rings (SSSR count). The minimum atomic E-state index is 0.0112. The number of likely N-dealkylation sites (tertiary alicyclic amines) is 1. The summed E-state index contributed by atoms with van der Waals surface area (Å²) in [5.74, 6) is 1.66. The summed E-state index contributed by atoms with van der Waals surface area (Å²) in [4.78, 5) is 2.59. The van der Waals surface area contributed by atoms with Crippen LogP contribution in [-0.4, -0.2) is 34.2 Å². The lowest BCUT2D eigenvalue weighted by Crippen LogP contribution is -2.62. The maximum absolute atomic E-state index is 10.8. The summed E-state index contributed by atoms with van der Waals surface area (Å²) in [7, 11) is 2.31. The fraction of sp³-hybridized carbons (Fsp3) is 0.462. The molecule has 4 atom stereocenters. The van der Waals surface area contributed by atoms with Crippen LogP contribution in [0.25, 0.3) is 10.9 Å². The van der Waals surface area contributed by atoms with Crippen LogP contribution in [-0.2, 0) is 31.2 Å². The van der Waals surface area contributed by atoms with Gasteiger partial charge >= 0.3 is 0 Å². The highest BCUT2D eigenvalue weighted by Gasteiger charge is 2.65. The molecule has 4 heteroatoms. The number of rotatable bonds is 0. The van der Waals surface area contributed by atoms with Crippen molar-refractivity contribution in [3.8, 4) is 11.5 Å². The van der Waals surface area contributed by atoms with Crippen molar-refractivity contribution in [3.63, 3.8) is 0 Å². The van der Waals surface area contributed by atoms with Gasteiger partial charge in [-0.1, -0.05) is 24.3 Å². The number of nitrogens with zero attached hydrogens (tertiary/aromatic N) is 2. The molecular formula is C26H26N2O2. The van der Waals surface area contributed by atoms with Crippen LogP contribution in [0.4, 0.5) is 0 Å². The Balaban J connectivity index is 1.50. The molecule has 2 aliphatic carbocycles. The summed E-state index contributed by atoms with van der Waals surface area (Å²) in [6, 6.07) is 11.5. The first-order valence-corrected chi connectivity index (χ1v) is 11.5. The molecule has 3 aromatic rings. The van der Waals surface area contributed by atoms with E-state index in [0.29, 0.717) is 17.7 Å². The summed E-state index contributed by atoms with van der Waals surface area (Å²) in [5.41, 5.74) is 8.65. The lowest BCUT2D eigenvalue weighted by atomic mass is 9.51. The zero-order valence-corrected chi connectivity index (χ0v) is 17.3. The third-order valence-corrected chi connectivity index (χ3v) is 9.21. The van der Waals surface area contributed by atoms with Crippen molar-refractivity contribution >= 4 is 10.9 Å². The van der Waals surface area contributed by atoms with Crippen molar-refractivity contribution in [1.82, 2.24) is 9.47 Å². The van der Waals surface area contributed by atoms with Crippen molar-refractivity contribution in [3.05, 3.63) is 58.3 Å². The second-order valence-electron chi connectivity index (χ2n) is 10.2. The van der Waals surface area contributed by atoms with Gasteiger partial charge in [-0.3, -0.25) is 0 Å². The van der Waals surface area contributed by atoms with Gasteiger partial charge in [0.25, 0.3) is 0 Å². The highest BCUT2D eigenvalue weighted by molar-refractivity contribution is 5.90. The zero-order valence-electron chi connectivity index (χ0n) is 17.3. The van der Waals surface area contributed by atoms with Crippen LogP contribution < -0.4 is 4.74 Å². The van der Waals surface area contributed by atoms with E-state index in [4.69, 9.17) is 4.74 Å². The summed E-state index contributed by atoms with van der Waals surface area (Å²) in [5, 5.41) is 12.2. The third kappa shape index (κ3) is 1.58.